The lowest BCUT2D eigenvalue weighted by atomic mass is 10.1. The number of nitrogens with zero attached hydrogens (tertiary/aromatic N) is 1. The van der Waals surface area contributed by atoms with E-state index in [0.717, 1.165) is 38.5 Å². The quantitative estimate of drug-likeness (QED) is 0.0425. The summed E-state index contributed by atoms with van der Waals surface area (Å²) in [5.41, 5.74) is 0. The summed E-state index contributed by atoms with van der Waals surface area (Å²) >= 11 is 3.62. The molecule has 4 unspecified atom stereocenters. The number of hydrogen-bond acceptors (Lipinski definition) is 13. The van der Waals surface area contributed by atoms with E-state index in [4.69, 9.17) is 18.9 Å². The minimum Gasteiger partial charge on any atom is -0.388 e. The van der Waals surface area contributed by atoms with E-state index in [1.165, 1.54) is 0 Å². The number of ether oxygens (including phenoxy) is 4. The summed E-state index contributed by atoms with van der Waals surface area (Å²) in [5.74, 6) is -0.352. The van der Waals surface area contributed by atoms with Crippen molar-refractivity contribution in [2.45, 2.75) is 117 Å². The molecule has 2 rings (SSSR count). The summed E-state index contributed by atoms with van der Waals surface area (Å²) in [6, 6.07) is 0. The van der Waals surface area contributed by atoms with Crippen molar-refractivity contribution >= 4 is 42.9 Å². The lowest BCUT2D eigenvalue weighted by Crippen LogP contribution is -2.44. The van der Waals surface area contributed by atoms with Crippen LogP contribution in [0.15, 0.2) is 0 Å². The van der Waals surface area contributed by atoms with E-state index in [9.17, 15) is 34.2 Å². The molecule has 18 heteroatoms. The lowest BCUT2D eigenvalue weighted by Gasteiger charge is -2.28. The standard InChI is InChI=1S/C20H37N3O8.C7H14N2O2S.C5H11NO.C2H6/c1-2-23(13-17(26)21-7-11-30-19-15(24)5-3-9-28-19)14-18(27)22-8-12-31-20-16(25)6-4-10-29-20;10-6-8-5-3-1-2-4-7(11)9-12;1-3-4-5(7)6-2;1-2/h15-16,19-20,24-25H,2-14H2,1H3,(H,21,26)(H,22,27);6,12H,1-5H2,(H,8,10)(H,9,11);3-4H2,1-2H3,(H,6,7);1-2H3. The third-order valence-electron chi connectivity index (χ3n) is 7.26. The molecule has 5 amide bonds. The Balaban J connectivity index is 0. The van der Waals surface area contributed by atoms with Crippen LogP contribution in [0.2, 0.25) is 0 Å². The molecule has 306 valence electrons. The van der Waals surface area contributed by atoms with E-state index >= 15 is 0 Å². The van der Waals surface area contributed by atoms with Crippen LogP contribution in [-0.4, -0.2) is 143 Å². The van der Waals surface area contributed by atoms with E-state index in [-0.39, 0.29) is 49.9 Å². The molecule has 17 nitrogen and oxygen atoms in total. The van der Waals surface area contributed by atoms with E-state index in [1.54, 1.807) is 11.9 Å². The highest BCUT2D eigenvalue weighted by Gasteiger charge is 2.25. The Morgan fingerprint density at radius 3 is 1.69 bits per heavy atom. The fourth-order valence-corrected chi connectivity index (χ4v) is 4.59. The Morgan fingerprint density at radius 1 is 0.788 bits per heavy atom. The molecule has 0 bridgehead atoms. The third kappa shape index (κ3) is 29.9. The first kappa shape index (κ1) is 51.5. The number of hydrogen-bond donors (Lipinski definition) is 8. The highest BCUT2D eigenvalue weighted by molar-refractivity contribution is 7.78. The highest BCUT2D eigenvalue weighted by Crippen LogP contribution is 2.15. The number of likely N-dealkylation sites (N-methyl/N-ethyl adjacent to an activating group) is 1. The zero-order valence-corrected chi connectivity index (χ0v) is 32.9. The van der Waals surface area contributed by atoms with Gasteiger partial charge in [0.2, 0.25) is 30.0 Å². The van der Waals surface area contributed by atoms with Crippen LogP contribution in [0.1, 0.15) is 91.9 Å². The fraction of sp³-hybridized carbons (Fsp3) is 0.853. The highest BCUT2D eigenvalue weighted by atomic mass is 32.1. The third-order valence-corrected chi connectivity index (χ3v) is 7.51. The first-order valence-corrected chi connectivity index (χ1v) is 18.9. The maximum Gasteiger partial charge on any atom is 0.234 e. The van der Waals surface area contributed by atoms with Crippen LogP contribution in [0.5, 0.6) is 0 Å². The number of nitrogens with one attached hydrogen (secondary N) is 5. The van der Waals surface area contributed by atoms with Crippen molar-refractivity contribution in [1.29, 1.82) is 0 Å². The van der Waals surface area contributed by atoms with Crippen molar-refractivity contribution in [1.82, 2.24) is 30.9 Å². The van der Waals surface area contributed by atoms with Gasteiger partial charge in [-0.2, -0.15) is 0 Å². The van der Waals surface area contributed by atoms with Crippen LogP contribution in [0.3, 0.4) is 0 Å². The van der Waals surface area contributed by atoms with Gasteiger partial charge in [-0.1, -0.05) is 46.9 Å². The number of rotatable bonds is 22. The van der Waals surface area contributed by atoms with Gasteiger partial charge in [0.1, 0.15) is 12.2 Å². The second-order valence-corrected chi connectivity index (χ2v) is 11.7. The molecule has 2 saturated heterocycles. The maximum absolute atomic E-state index is 12.1. The number of thiol groups is 1. The molecule has 7 N–H and O–H groups in total. The predicted octanol–water partition coefficient (Wildman–Crippen LogP) is 0.381. The van der Waals surface area contributed by atoms with Crippen LogP contribution >= 0.6 is 12.8 Å². The number of aliphatic hydroxyl groups excluding tert-OH is 2. The van der Waals surface area contributed by atoms with Gasteiger partial charge in [-0.3, -0.25) is 28.9 Å². The molecule has 0 radical (unpaired) electrons. The summed E-state index contributed by atoms with van der Waals surface area (Å²) in [7, 11) is 1.65. The average Bonchev–Trinajstić information content (AvgIpc) is 3.15. The molecular weight excluding hydrogens is 700 g/mol. The van der Waals surface area contributed by atoms with Crippen molar-refractivity contribution in [2.24, 2.45) is 0 Å². The van der Waals surface area contributed by atoms with Crippen LogP contribution in [0.25, 0.3) is 0 Å². The Bertz CT molecular complexity index is 881. The Hall–Kier alpha value is -2.58. The van der Waals surface area contributed by atoms with E-state index < -0.39 is 24.8 Å². The van der Waals surface area contributed by atoms with Gasteiger partial charge in [-0.25, -0.2) is 0 Å². The number of aliphatic hydroxyl groups is 2. The molecule has 0 saturated carbocycles. The second-order valence-electron chi connectivity index (χ2n) is 11.5. The zero-order valence-electron chi connectivity index (χ0n) is 32.0. The minimum atomic E-state index is -0.640. The first-order valence-electron chi connectivity index (χ1n) is 18.5. The molecule has 0 spiro atoms. The van der Waals surface area contributed by atoms with Gasteiger partial charge in [0, 0.05) is 52.7 Å². The van der Waals surface area contributed by atoms with Gasteiger partial charge in [-0.05, 0) is 51.5 Å². The Kier molecular flexibility index (Phi) is 36.4. The van der Waals surface area contributed by atoms with E-state index in [0.29, 0.717) is 71.5 Å². The van der Waals surface area contributed by atoms with Crippen molar-refractivity contribution in [3.63, 3.8) is 0 Å². The Morgan fingerprint density at radius 2 is 1.31 bits per heavy atom. The number of unbranched alkanes of at least 4 members (excludes halogenated alkanes) is 2. The van der Waals surface area contributed by atoms with Gasteiger partial charge in [-0.15, -0.1) is 0 Å². The van der Waals surface area contributed by atoms with Crippen LogP contribution < -0.4 is 26.0 Å². The molecule has 4 atom stereocenters. The summed E-state index contributed by atoms with van der Waals surface area (Å²) in [6.45, 7) is 11.4. The lowest BCUT2D eigenvalue weighted by molar-refractivity contribution is -0.213. The zero-order chi connectivity index (χ0) is 39.4. The van der Waals surface area contributed by atoms with E-state index in [2.05, 4.69) is 38.8 Å². The molecule has 52 heavy (non-hydrogen) atoms. The molecular formula is C34H68N6O11S. The van der Waals surface area contributed by atoms with Crippen LogP contribution in [0.4, 0.5) is 0 Å². The predicted molar refractivity (Wildman–Crippen MR) is 200 cm³/mol. The Labute approximate surface area is 315 Å². The van der Waals surface area contributed by atoms with Gasteiger partial charge in [0.15, 0.2) is 12.6 Å². The SMILES string of the molecule is CC.CCCC(=O)NC.CCN(CC(=O)NCCOC1OCCCC1O)CC(=O)NCCOC1OCCCC1O.O=CNCCCCCC(=O)NS. The monoisotopic (exact) mass is 768 g/mol. The number of amides is 5. The minimum absolute atomic E-state index is 0.0540. The molecule has 2 heterocycles. The molecule has 2 aliphatic rings. The smallest absolute Gasteiger partial charge is 0.234 e. The summed E-state index contributed by atoms with van der Waals surface area (Å²) < 4.78 is 23.8. The van der Waals surface area contributed by atoms with Crippen LogP contribution in [0, 0.1) is 0 Å². The van der Waals surface area contributed by atoms with E-state index in [1.807, 2.05) is 27.7 Å². The fourth-order valence-electron chi connectivity index (χ4n) is 4.48. The molecule has 0 aromatic carbocycles. The van der Waals surface area contributed by atoms with Crippen molar-refractivity contribution in [3.05, 3.63) is 0 Å². The summed E-state index contributed by atoms with van der Waals surface area (Å²) in [5, 5.41) is 30.1. The van der Waals surface area contributed by atoms with Crippen molar-refractivity contribution in [3.8, 4) is 0 Å². The topological polar surface area (TPSA) is 226 Å². The van der Waals surface area contributed by atoms with Gasteiger partial charge < -0.3 is 55.1 Å². The molecule has 0 aliphatic carbocycles. The normalized spacial score (nSPS) is 19.2. The summed E-state index contributed by atoms with van der Waals surface area (Å²) in [6.07, 6.45) is 5.83. The van der Waals surface area contributed by atoms with Gasteiger partial charge in [0.05, 0.1) is 26.3 Å². The molecule has 0 aromatic heterocycles. The molecule has 2 fully saturated rings. The van der Waals surface area contributed by atoms with Crippen molar-refractivity contribution < 1.29 is 53.1 Å². The van der Waals surface area contributed by atoms with Gasteiger partial charge in [0.25, 0.3) is 0 Å². The van der Waals surface area contributed by atoms with Crippen LogP contribution in [-0.2, 0) is 42.9 Å². The maximum atomic E-state index is 12.1. The van der Waals surface area contributed by atoms with Gasteiger partial charge >= 0.3 is 0 Å². The largest absolute Gasteiger partial charge is 0.388 e. The molecule has 2 aliphatic heterocycles. The number of carbonyl (C=O) groups is 5. The first-order chi connectivity index (χ1) is 25.1. The van der Waals surface area contributed by atoms with Crippen molar-refractivity contribution in [2.75, 3.05) is 72.7 Å². The average molecular weight is 769 g/mol. The number of carbonyl (C=O) groups excluding carboxylic acids is 5. The second kappa shape index (κ2) is 36.8. The molecule has 0 aromatic rings. The summed E-state index contributed by atoms with van der Waals surface area (Å²) in [4.78, 5) is 56.7.